The average Bonchev–Trinajstić information content (AvgIpc) is 2.33. The van der Waals surface area contributed by atoms with E-state index in [1.165, 1.54) is 30.0 Å². The molecule has 5 heteroatoms. The SMILES string of the molecule is O=C(O)c1ccc(Sc2ccc(Br)cc2F)cc1. The molecule has 2 aromatic rings. The molecular weight excluding hydrogens is 319 g/mol. The molecule has 0 bridgehead atoms. The highest BCUT2D eigenvalue weighted by atomic mass is 79.9. The molecule has 0 atom stereocenters. The Morgan fingerprint density at radius 1 is 1.17 bits per heavy atom. The second-order valence-corrected chi connectivity index (χ2v) is 5.54. The third-order valence-electron chi connectivity index (χ3n) is 2.22. The Bertz CT molecular complexity index is 584. The van der Waals surface area contributed by atoms with Crippen LogP contribution in [0.15, 0.2) is 56.7 Å². The van der Waals surface area contributed by atoms with Crippen molar-refractivity contribution < 1.29 is 14.3 Å². The Labute approximate surface area is 116 Å². The van der Waals surface area contributed by atoms with Gasteiger partial charge in [-0.05, 0) is 42.5 Å². The Hall–Kier alpha value is -1.33. The number of benzene rings is 2. The topological polar surface area (TPSA) is 37.3 Å². The molecule has 0 amide bonds. The van der Waals surface area contributed by atoms with Crippen molar-refractivity contribution in [3.8, 4) is 0 Å². The second kappa shape index (κ2) is 5.54. The lowest BCUT2D eigenvalue weighted by Gasteiger charge is -2.04. The van der Waals surface area contributed by atoms with Gasteiger partial charge in [0.2, 0.25) is 0 Å². The molecule has 2 nitrogen and oxygen atoms in total. The molecule has 18 heavy (non-hydrogen) atoms. The van der Waals surface area contributed by atoms with Gasteiger partial charge in [-0.15, -0.1) is 0 Å². The summed E-state index contributed by atoms with van der Waals surface area (Å²) in [6.45, 7) is 0. The summed E-state index contributed by atoms with van der Waals surface area (Å²) in [5.41, 5.74) is 0.218. The third-order valence-corrected chi connectivity index (χ3v) is 3.78. The number of carboxylic acid groups (broad SMARTS) is 1. The van der Waals surface area contributed by atoms with Crippen LogP contribution in [0.4, 0.5) is 4.39 Å². The number of hydrogen-bond donors (Lipinski definition) is 1. The van der Waals surface area contributed by atoms with Crippen molar-refractivity contribution in [3.63, 3.8) is 0 Å². The fourth-order valence-electron chi connectivity index (χ4n) is 1.35. The van der Waals surface area contributed by atoms with Crippen LogP contribution in [0.1, 0.15) is 10.4 Å². The van der Waals surface area contributed by atoms with E-state index in [9.17, 15) is 9.18 Å². The molecule has 0 aliphatic carbocycles. The van der Waals surface area contributed by atoms with E-state index in [-0.39, 0.29) is 11.4 Å². The molecule has 0 aromatic heterocycles. The minimum Gasteiger partial charge on any atom is -0.478 e. The van der Waals surface area contributed by atoms with E-state index in [0.717, 1.165) is 4.90 Å². The van der Waals surface area contributed by atoms with E-state index in [0.29, 0.717) is 9.37 Å². The van der Waals surface area contributed by atoms with Gasteiger partial charge in [-0.1, -0.05) is 27.7 Å². The van der Waals surface area contributed by atoms with Gasteiger partial charge in [-0.25, -0.2) is 9.18 Å². The van der Waals surface area contributed by atoms with Gasteiger partial charge in [-0.2, -0.15) is 0 Å². The van der Waals surface area contributed by atoms with Crippen LogP contribution in [0.5, 0.6) is 0 Å². The lowest BCUT2D eigenvalue weighted by molar-refractivity contribution is 0.0697. The first kappa shape index (κ1) is 13.1. The van der Waals surface area contributed by atoms with Crippen molar-refractivity contribution in [2.75, 3.05) is 0 Å². The van der Waals surface area contributed by atoms with Crippen LogP contribution in [0.3, 0.4) is 0 Å². The maximum absolute atomic E-state index is 13.6. The number of rotatable bonds is 3. The average molecular weight is 327 g/mol. The Balaban J connectivity index is 2.21. The van der Waals surface area contributed by atoms with E-state index in [1.807, 2.05) is 0 Å². The molecule has 0 unspecified atom stereocenters. The van der Waals surface area contributed by atoms with E-state index < -0.39 is 5.97 Å². The van der Waals surface area contributed by atoms with Crippen LogP contribution in [0, 0.1) is 5.82 Å². The van der Waals surface area contributed by atoms with Gasteiger partial charge in [0.25, 0.3) is 0 Å². The maximum Gasteiger partial charge on any atom is 0.335 e. The molecule has 2 aromatic carbocycles. The number of aromatic carboxylic acids is 1. The van der Waals surface area contributed by atoms with Crippen molar-refractivity contribution in [3.05, 3.63) is 58.3 Å². The summed E-state index contributed by atoms with van der Waals surface area (Å²) in [4.78, 5) is 12.0. The zero-order chi connectivity index (χ0) is 13.1. The first-order chi connectivity index (χ1) is 8.56. The lowest BCUT2D eigenvalue weighted by atomic mass is 10.2. The summed E-state index contributed by atoms with van der Waals surface area (Å²) in [5.74, 6) is -1.28. The summed E-state index contributed by atoms with van der Waals surface area (Å²) >= 11 is 4.45. The first-order valence-corrected chi connectivity index (χ1v) is 6.63. The molecule has 0 saturated carbocycles. The van der Waals surface area contributed by atoms with Gasteiger partial charge in [-0.3, -0.25) is 0 Å². The predicted molar refractivity (Wildman–Crippen MR) is 71.6 cm³/mol. The van der Waals surface area contributed by atoms with Crippen LogP contribution in [0.25, 0.3) is 0 Å². The molecule has 0 saturated heterocycles. The number of carbonyl (C=O) groups is 1. The zero-order valence-corrected chi connectivity index (χ0v) is 11.5. The monoisotopic (exact) mass is 326 g/mol. The Morgan fingerprint density at radius 2 is 1.83 bits per heavy atom. The molecule has 0 heterocycles. The largest absolute Gasteiger partial charge is 0.478 e. The van der Waals surface area contributed by atoms with Crippen molar-refractivity contribution in [1.29, 1.82) is 0 Å². The Kier molecular flexibility index (Phi) is 4.04. The molecule has 0 spiro atoms. The number of carboxylic acids is 1. The van der Waals surface area contributed by atoms with Gasteiger partial charge in [0.1, 0.15) is 5.82 Å². The summed E-state index contributed by atoms with van der Waals surface area (Å²) in [5, 5.41) is 8.77. The quantitative estimate of drug-likeness (QED) is 0.906. The van der Waals surface area contributed by atoms with E-state index in [1.54, 1.807) is 24.3 Å². The molecular formula is C13H8BrFO2S. The lowest BCUT2D eigenvalue weighted by Crippen LogP contribution is -1.94. The van der Waals surface area contributed by atoms with Gasteiger partial charge in [0.15, 0.2) is 0 Å². The van der Waals surface area contributed by atoms with Crippen molar-refractivity contribution in [2.45, 2.75) is 9.79 Å². The van der Waals surface area contributed by atoms with Crippen LogP contribution in [-0.4, -0.2) is 11.1 Å². The highest BCUT2D eigenvalue weighted by Gasteiger charge is 2.06. The van der Waals surface area contributed by atoms with Crippen molar-refractivity contribution in [2.24, 2.45) is 0 Å². The highest BCUT2D eigenvalue weighted by Crippen LogP contribution is 2.31. The highest BCUT2D eigenvalue weighted by molar-refractivity contribution is 9.10. The third kappa shape index (κ3) is 3.11. The minimum absolute atomic E-state index is 0.218. The van der Waals surface area contributed by atoms with Gasteiger partial charge in [0.05, 0.1) is 5.56 Å². The van der Waals surface area contributed by atoms with Crippen LogP contribution < -0.4 is 0 Å². The number of hydrogen-bond acceptors (Lipinski definition) is 2. The molecule has 0 fully saturated rings. The fraction of sp³-hybridized carbons (Fsp3) is 0. The molecule has 92 valence electrons. The fourth-order valence-corrected chi connectivity index (χ4v) is 2.50. The van der Waals surface area contributed by atoms with Crippen LogP contribution in [0.2, 0.25) is 0 Å². The van der Waals surface area contributed by atoms with E-state index in [2.05, 4.69) is 15.9 Å². The standard InChI is InChI=1S/C13H8BrFO2S/c14-9-3-6-12(11(15)7-9)18-10-4-1-8(2-5-10)13(16)17/h1-7H,(H,16,17). The molecule has 0 aliphatic heterocycles. The van der Waals surface area contributed by atoms with Crippen LogP contribution in [-0.2, 0) is 0 Å². The summed E-state index contributed by atoms with van der Waals surface area (Å²) in [7, 11) is 0. The van der Waals surface area contributed by atoms with Gasteiger partial charge < -0.3 is 5.11 Å². The maximum atomic E-state index is 13.6. The van der Waals surface area contributed by atoms with Gasteiger partial charge >= 0.3 is 5.97 Å². The van der Waals surface area contributed by atoms with Gasteiger partial charge in [0, 0.05) is 14.3 Å². The molecule has 0 radical (unpaired) electrons. The van der Waals surface area contributed by atoms with Crippen molar-refractivity contribution >= 4 is 33.7 Å². The normalized spacial score (nSPS) is 10.3. The smallest absolute Gasteiger partial charge is 0.335 e. The number of halogens is 2. The summed E-state index contributed by atoms with van der Waals surface area (Å²) in [6, 6.07) is 11.2. The minimum atomic E-state index is -0.971. The second-order valence-electron chi connectivity index (χ2n) is 3.51. The van der Waals surface area contributed by atoms with Crippen LogP contribution >= 0.6 is 27.7 Å². The predicted octanol–water partition coefficient (Wildman–Crippen LogP) is 4.44. The molecule has 2 rings (SSSR count). The molecule has 0 aliphatic rings. The zero-order valence-electron chi connectivity index (χ0n) is 9.06. The summed E-state index contributed by atoms with van der Waals surface area (Å²) in [6.07, 6.45) is 0. The Morgan fingerprint density at radius 3 is 2.39 bits per heavy atom. The van der Waals surface area contributed by atoms with E-state index in [4.69, 9.17) is 5.11 Å². The van der Waals surface area contributed by atoms with Crippen molar-refractivity contribution in [1.82, 2.24) is 0 Å². The van der Waals surface area contributed by atoms with E-state index >= 15 is 0 Å². The first-order valence-electron chi connectivity index (χ1n) is 5.02. The molecule has 1 N–H and O–H groups in total. The summed E-state index contributed by atoms with van der Waals surface area (Å²) < 4.78 is 14.3.